The fourth-order valence-electron chi connectivity index (χ4n) is 2.88. The number of carbonyl (C=O) groups excluding carboxylic acids is 1. The molecule has 0 spiro atoms. The van der Waals surface area contributed by atoms with E-state index in [0.29, 0.717) is 6.54 Å². The lowest BCUT2D eigenvalue weighted by Gasteiger charge is -2.26. The third-order valence-corrected chi connectivity index (χ3v) is 4.43. The SMILES string of the molecule is CC.Cc1nn(C2CCCCO2)cc1CN(C)CCN(C)C(=O)OC(C)(C)C. The summed E-state index contributed by atoms with van der Waals surface area (Å²) in [7, 11) is 3.82. The predicted octanol–water partition coefficient (Wildman–Crippen LogP) is 4.22. The van der Waals surface area contributed by atoms with Crippen LogP contribution in [0.2, 0.25) is 0 Å². The average Bonchev–Trinajstić information content (AvgIpc) is 3.01. The Bertz CT molecular complexity index is 589. The zero-order valence-electron chi connectivity index (χ0n) is 19.1. The van der Waals surface area contributed by atoms with Crippen molar-refractivity contribution in [2.45, 2.75) is 79.2 Å². The monoisotopic (exact) mass is 396 g/mol. The Labute approximate surface area is 171 Å². The van der Waals surface area contributed by atoms with Gasteiger partial charge in [-0.1, -0.05) is 13.8 Å². The van der Waals surface area contributed by atoms with Crippen molar-refractivity contribution in [2.75, 3.05) is 33.8 Å². The van der Waals surface area contributed by atoms with Crippen LogP contribution < -0.4 is 0 Å². The molecule has 0 N–H and O–H groups in total. The number of amides is 1. The fraction of sp³-hybridized carbons (Fsp3) is 0.810. The van der Waals surface area contributed by atoms with E-state index in [1.54, 1.807) is 11.9 Å². The zero-order chi connectivity index (χ0) is 21.3. The standard InChI is InChI=1S/C19H34N4O3.C2H6/c1-15-16(14-23(20-15)17-9-7-8-12-25-17)13-21(5)10-11-22(6)18(24)26-19(2,3)4;1-2/h14,17H,7-13H2,1-6H3;1-2H3. The number of likely N-dealkylation sites (N-methyl/N-ethyl adjacent to an activating group) is 2. The van der Waals surface area contributed by atoms with E-state index in [1.807, 2.05) is 46.2 Å². The molecule has 1 aromatic heterocycles. The molecule has 1 saturated heterocycles. The van der Waals surface area contributed by atoms with Crippen LogP contribution >= 0.6 is 0 Å². The van der Waals surface area contributed by atoms with Gasteiger partial charge in [-0.2, -0.15) is 5.10 Å². The van der Waals surface area contributed by atoms with Gasteiger partial charge in [0.05, 0.1) is 5.69 Å². The summed E-state index contributed by atoms with van der Waals surface area (Å²) in [5.74, 6) is 0. The van der Waals surface area contributed by atoms with Crippen molar-refractivity contribution in [3.05, 3.63) is 17.5 Å². The van der Waals surface area contributed by atoms with Gasteiger partial charge in [-0.25, -0.2) is 9.48 Å². The van der Waals surface area contributed by atoms with Gasteiger partial charge in [0.1, 0.15) is 11.8 Å². The lowest BCUT2D eigenvalue weighted by Crippen LogP contribution is -2.38. The maximum Gasteiger partial charge on any atom is 0.410 e. The Morgan fingerprint density at radius 3 is 2.54 bits per heavy atom. The molecule has 0 aromatic carbocycles. The van der Waals surface area contributed by atoms with Gasteiger partial charge < -0.3 is 19.3 Å². The van der Waals surface area contributed by atoms with Crippen LogP contribution in [-0.2, 0) is 16.0 Å². The van der Waals surface area contributed by atoms with Gasteiger partial charge in [0.15, 0.2) is 0 Å². The minimum absolute atomic E-state index is 0.0693. The van der Waals surface area contributed by atoms with Crippen molar-refractivity contribution in [3.63, 3.8) is 0 Å². The molecule has 7 nitrogen and oxygen atoms in total. The minimum atomic E-state index is -0.468. The lowest BCUT2D eigenvalue weighted by atomic mass is 10.2. The van der Waals surface area contributed by atoms with Gasteiger partial charge in [-0.3, -0.25) is 0 Å². The van der Waals surface area contributed by atoms with E-state index in [0.717, 1.165) is 38.2 Å². The number of carbonyl (C=O) groups is 1. The molecule has 0 bridgehead atoms. The lowest BCUT2D eigenvalue weighted by molar-refractivity contribution is -0.0396. The molecular weight excluding hydrogens is 356 g/mol. The number of rotatable bonds is 6. The molecule has 2 rings (SSSR count). The number of aromatic nitrogens is 2. The van der Waals surface area contributed by atoms with E-state index in [2.05, 4.69) is 23.2 Å². The van der Waals surface area contributed by atoms with Crippen LogP contribution in [0.5, 0.6) is 0 Å². The molecular formula is C21H40N4O3. The summed E-state index contributed by atoms with van der Waals surface area (Å²) < 4.78 is 13.2. The summed E-state index contributed by atoms with van der Waals surface area (Å²) in [6.45, 7) is 14.7. The molecule has 1 atom stereocenters. The zero-order valence-corrected chi connectivity index (χ0v) is 19.1. The summed E-state index contributed by atoms with van der Waals surface area (Å²) >= 11 is 0. The van der Waals surface area contributed by atoms with Crippen LogP contribution in [0.15, 0.2) is 6.20 Å². The van der Waals surface area contributed by atoms with Gasteiger partial charge in [0.25, 0.3) is 0 Å². The van der Waals surface area contributed by atoms with Crippen LogP contribution in [0.4, 0.5) is 4.79 Å². The number of nitrogens with zero attached hydrogens (tertiary/aromatic N) is 4. The van der Waals surface area contributed by atoms with Gasteiger partial charge in [-0.05, 0) is 54.0 Å². The molecule has 0 aliphatic carbocycles. The maximum absolute atomic E-state index is 12.0. The van der Waals surface area contributed by atoms with Crippen molar-refractivity contribution in [1.29, 1.82) is 0 Å². The quantitative estimate of drug-likeness (QED) is 0.721. The highest BCUT2D eigenvalue weighted by Gasteiger charge is 2.21. The minimum Gasteiger partial charge on any atom is -0.444 e. The van der Waals surface area contributed by atoms with Crippen molar-refractivity contribution >= 4 is 6.09 Å². The van der Waals surface area contributed by atoms with Crippen LogP contribution in [0.25, 0.3) is 0 Å². The topological polar surface area (TPSA) is 59.8 Å². The normalized spacial score (nSPS) is 17.1. The number of aryl methyl sites for hydroxylation is 1. The molecule has 1 aliphatic rings. The highest BCUT2D eigenvalue weighted by molar-refractivity contribution is 5.67. The van der Waals surface area contributed by atoms with Crippen molar-refractivity contribution < 1.29 is 14.3 Å². The van der Waals surface area contributed by atoms with E-state index in [-0.39, 0.29) is 12.3 Å². The van der Waals surface area contributed by atoms with Crippen molar-refractivity contribution in [3.8, 4) is 0 Å². The molecule has 7 heteroatoms. The highest BCUT2D eigenvalue weighted by Crippen LogP contribution is 2.23. The largest absolute Gasteiger partial charge is 0.444 e. The number of hydrogen-bond acceptors (Lipinski definition) is 5. The molecule has 1 unspecified atom stereocenters. The molecule has 28 heavy (non-hydrogen) atoms. The van der Waals surface area contributed by atoms with Gasteiger partial charge >= 0.3 is 6.09 Å². The van der Waals surface area contributed by atoms with Crippen LogP contribution in [0.1, 0.15) is 71.4 Å². The Kier molecular flexibility index (Phi) is 9.96. The summed E-state index contributed by atoms with van der Waals surface area (Å²) in [5.41, 5.74) is 1.76. The molecule has 1 aliphatic heterocycles. The Balaban J connectivity index is 0.00000190. The molecule has 1 aromatic rings. The van der Waals surface area contributed by atoms with Crippen LogP contribution in [0.3, 0.4) is 0 Å². The molecule has 1 amide bonds. The number of hydrogen-bond donors (Lipinski definition) is 0. The number of ether oxygens (including phenoxy) is 2. The van der Waals surface area contributed by atoms with E-state index < -0.39 is 5.60 Å². The molecule has 2 heterocycles. The molecule has 1 fully saturated rings. The smallest absolute Gasteiger partial charge is 0.410 e. The van der Waals surface area contributed by atoms with E-state index in [4.69, 9.17) is 9.47 Å². The Morgan fingerprint density at radius 2 is 1.96 bits per heavy atom. The molecule has 162 valence electrons. The maximum atomic E-state index is 12.0. The molecule has 0 saturated carbocycles. The average molecular weight is 397 g/mol. The summed E-state index contributed by atoms with van der Waals surface area (Å²) in [4.78, 5) is 15.8. The predicted molar refractivity (Wildman–Crippen MR) is 112 cm³/mol. The van der Waals surface area contributed by atoms with Crippen molar-refractivity contribution in [2.24, 2.45) is 0 Å². The second-order valence-corrected chi connectivity index (χ2v) is 8.18. The van der Waals surface area contributed by atoms with E-state index >= 15 is 0 Å². The fourth-order valence-corrected chi connectivity index (χ4v) is 2.88. The second-order valence-electron chi connectivity index (χ2n) is 8.18. The molecule has 0 radical (unpaired) electrons. The van der Waals surface area contributed by atoms with Gasteiger partial charge in [0.2, 0.25) is 0 Å². The van der Waals surface area contributed by atoms with Gasteiger partial charge in [0, 0.05) is 45.0 Å². The summed E-state index contributed by atoms with van der Waals surface area (Å²) in [6.07, 6.45) is 5.23. The third-order valence-electron chi connectivity index (χ3n) is 4.43. The first-order chi connectivity index (χ1) is 13.2. The Morgan fingerprint density at radius 1 is 1.29 bits per heavy atom. The van der Waals surface area contributed by atoms with Crippen LogP contribution in [0, 0.1) is 6.92 Å². The first kappa shape index (κ1) is 24.4. The summed E-state index contributed by atoms with van der Waals surface area (Å²) in [5, 5.41) is 4.63. The summed E-state index contributed by atoms with van der Waals surface area (Å²) in [6, 6.07) is 0. The van der Waals surface area contributed by atoms with Crippen molar-refractivity contribution in [1.82, 2.24) is 19.6 Å². The Hall–Kier alpha value is -1.60. The third kappa shape index (κ3) is 8.19. The highest BCUT2D eigenvalue weighted by atomic mass is 16.6. The second kappa shape index (κ2) is 11.4. The van der Waals surface area contributed by atoms with E-state index in [1.165, 1.54) is 12.0 Å². The van der Waals surface area contributed by atoms with E-state index in [9.17, 15) is 4.79 Å². The van der Waals surface area contributed by atoms with Gasteiger partial charge in [-0.15, -0.1) is 0 Å². The first-order valence-corrected chi connectivity index (χ1v) is 10.4. The first-order valence-electron chi connectivity index (χ1n) is 10.4. The van der Waals surface area contributed by atoms with Crippen LogP contribution in [-0.4, -0.2) is 65.1 Å².